The van der Waals surface area contributed by atoms with Gasteiger partial charge in [0.1, 0.15) is 11.9 Å². The van der Waals surface area contributed by atoms with E-state index in [1.165, 1.54) is 12.8 Å². The van der Waals surface area contributed by atoms with Gasteiger partial charge in [-0.2, -0.15) is 0 Å². The highest BCUT2D eigenvalue weighted by molar-refractivity contribution is 5.89. The van der Waals surface area contributed by atoms with Crippen molar-refractivity contribution in [3.63, 3.8) is 0 Å². The maximum absolute atomic E-state index is 12.9. The lowest BCUT2D eigenvalue weighted by Gasteiger charge is -2.31. The highest BCUT2D eigenvalue weighted by Gasteiger charge is 2.24. The summed E-state index contributed by atoms with van der Waals surface area (Å²) >= 11 is 0. The summed E-state index contributed by atoms with van der Waals surface area (Å²) in [5.41, 5.74) is 1.87. The first kappa shape index (κ1) is 24.7. The van der Waals surface area contributed by atoms with E-state index in [1.54, 1.807) is 0 Å². The zero-order chi connectivity index (χ0) is 24.8. The smallest absolute Gasteiger partial charge is 0.243 e. The van der Waals surface area contributed by atoms with Crippen LogP contribution in [0, 0.1) is 11.8 Å². The molecule has 1 unspecified atom stereocenters. The van der Waals surface area contributed by atoms with E-state index in [0.29, 0.717) is 6.54 Å². The van der Waals surface area contributed by atoms with E-state index in [-0.39, 0.29) is 24.2 Å². The molecule has 2 amide bonds. The minimum Gasteiger partial charge on any atom is -0.357 e. The zero-order valence-electron chi connectivity index (χ0n) is 21.0. The molecule has 1 aliphatic rings. The van der Waals surface area contributed by atoms with Gasteiger partial charge in [0.05, 0.1) is 6.42 Å². The molecule has 6 nitrogen and oxygen atoms in total. The molecular weight excluding hydrogens is 436 g/mol. The highest BCUT2D eigenvalue weighted by atomic mass is 16.2. The summed E-state index contributed by atoms with van der Waals surface area (Å²) in [7, 11) is 0. The highest BCUT2D eigenvalue weighted by Crippen LogP contribution is 2.21. The van der Waals surface area contributed by atoms with Gasteiger partial charge < -0.3 is 15.5 Å². The first-order chi connectivity index (χ1) is 16.9. The number of carbonyl (C=O) groups excluding carboxylic acids is 2. The molecular formula is C29H36N4O2. The van der Waals surface area contributed by atoms with Gasteiger partial charge in [0, 0.05) is 25.8 Å². The lowest BCUT2D eigenvalue weighted by Crippen LogP contribution is -2.49. The summed E-state index contributed by atoms with van der Waals surface area (Å²) < 4.78 is 0. The molecule has 1 aromatic heterocycles. The molecule has 2 aromatic carbocycles. The van der Waals surface area contributed by atoms with E-state index in [1.807, 2.05) is 68.6 Å². The molecule has 1 aliphatic heterocycles. The molecule has 1 fully saturated rings. The third kappa shape index (κ3) is 6.59. The van der Waals surface area contributed by atoms with Gasteiger partial charge in [-0.15, -0.1) is 0 Å². The standard InChI is InChI=1S/C29H36N4O2/c1-20(2)28(32-27(34)17-22-8-10-24-6-4-5-7-25(24)16-22)29(35)31-19-23-9-11-26(30-18-23)33-14-12-21(3)13-15-33/h4-11,16,18,20-21,28H,12-15,17,19H2,1-3H3,(H,31,35)(H,32,34). The third-order valence-corrected chi connectivity index (χ3v) is 6.83. The van der Waals surface area contributed by atoms with Gasteiger partial charge >= 0.3 is 0 Å². The van der Waals surface area contributed by atoms with Crippen LogP contribution in [0.3, 0.4) is 0 Å². The summed E-state index contributed by atoms with van der Waals surface area (Å²) in [6.45, 7) is 8.64. The largest absolute Gasteiger partial charge is 0.357 e. The number of fused-ring (bicyclic) bond motifs is 1. The van der Waals surface area contributed by atoms with Crippen molar-refractivity contribution in [2.45, 2.75) is 52.6 Å². The summed E-state index contributed by atoms with van der Waals surface area (Å²) in [5, 5.41) is 8.15. The van der Waals surface area contributed by atoms with Crippen molar-refractivity contribution in [3.05, 3.63) is 71.9 Å². The van der Waals surface area contributed by atoms with Crippen molar-refractivity contribution in [1.82, 2.24) is 15.6 Å². The Morgan fingerprint density at radius 2 is 1.71 bits per heavy atom. The molecule has 0 radical (unpaired) electrons. The lowest BCUT2D eigenvalue weighted by molar-refractivity contribution is -0.129. The van der Waals surface area contributed by atoms with Crippen LogP contribution in [0.25, 0.3) is 10.8 Å². The number of amides is 2. The van der Waals surface area contributed by atoms with Crippen molar-refractivity contribution < 1.29 is 9.59 Å². The molecule has 184 valence electrons. The number of benzene rings is 2. The van der Waals surface area contributed by atoms with Crippen molar-refractivity contribution >= 4 is 28.4 Å². The van der Waals surface area contributed by atoms with Crippen LogP contribution in [0.5, 0.6) is 0 Å². The van der Waals surface area contributed by atoms with Gasteiger partial charge in [0.25, 0.3) is 0 Å². The molecule has 4 rings (SSSR count). The number of anilines is 1. The summed E-state index contributed by atoms with van der Waals surface area (Å²) in [6, 6.07) is 17.6. The Morgan fingerprint density at radius 1 is 1.00 bits per heavy atom. The molecule has 6 heteroatoms. The normalized spacial score (nSPS) is 15.3. The first-order valence-electron chi connectivity index (χ1n) is 12.6. The fraction of sp³-hybridized carbons (Fsp3) is 0.414. The van der Waals surface area contributed by atoms with E-state index in [4.69, 9.17) is 0 Å². The average molecular weight is 473 g/mol. The van der Waals surface area contributed by atoms with Crippen molar-refractivity contribution in [1.29, 1.82) is 0 Å². The Morgan fingerprint density at radius 3 is 2.40 bits per heavy atom. The minimum absolute atomic E-state index is 0.0300. The Labute approximate surface area is 208 Å². The van der Waals surface area contributed by atoms with Crippen LogP contribution in [-0.2, 0) is 22.6 Å². The molecule has 1 atom stereocenters. The van der Waals surface area contributed by atoms with Crippen LogP contribution in [0.2, 0.25) is 0 Å². The van der Waals surface area contributed by atoms with Crippen LogP contribution < -0.4 is 15.5 Å². The molecule has 0 spiro atoms. The summed E-state index contributed by atoms with van der Waals surface area (Å²) in [6.07, 6.45) is 4.46. The maximum Gasteiger partial charge on any atom is 0.243 e. The van der Waals surface area contributed by atoms with Crippen LogP contribution in [-0.4, -0.2) is 35.9 Å². The molecule has 1 saturated heterocycles. The number of aromatic nitrogens is 1. The Balaban J connectivity index is 1.30. The predicted octanol–water partition coefficient (Wildman–Crippen LogP) is 4.47. The number of nitrogens with zero attached hydrogens (tertiary/aromatic N) is 2. The number of hydrogen-bond acceptors (Lipinski definition) is 4. The molecule has 35 heavy (non-hydrogen) atoms. The number of piperidine rings is 1. The number of carbonyl (C=O) groups is 2. The number of pyridine rings is 1. The van der Waals surface area contributed by atoms with Crippen LogP contribution in [0.4, 0.5) is 5.82 Å². The molecule has 2 N–H and O–H groups in total. The van der Waals surface area contributed by atoms with Gasteiger partial charge in [-0.05, 0) is 52.6 Å². The van der Waals surface area contributed by atoms with Crippen molar-refractivity contribution in [3.8, 4) is 0 Å². The second kappa shape index (κ2) is 11.3. The molecule has 0 bridgehead atoms. The van der Waals surface area contributed by atoms with Gasteiger partial charge in [-0.1, -0.05) is 69.3 Å². The second-order valence-corrected chi connectivity index (χ2v) is 10.1. The minimum atomic E-state index is -0.592. The van der Waals surface area contributed by atoms with Gasteiger partial charge in [0.2, 0.25) is 11.8 Å². The number of hydrogen-bond donors (Lipinski definition) is 2. The summed E-state index contributed by atoms with van der Waals surface area (Å²) in [5.74, 6) is 1.41. The quantitative estimate of drug-likeness (QED) is 0.507. The maximum atomic E-state index is 12.9. The topological polar surface area (TPSA) is 74.3 Å². The van der Waals surface area contributed by atoms with Crippen LogP contribution in [0.1, 0.15) is 44.7 Å². The fourth-order valence-electron chi connectivity index (χ4n) is 4.54. The van der Waals surface area contributed by atoms with Crippen molar-refractivity contribution in [2.24, 2.45) is 11.8 Å². The first-order valence-corrected chi connectivity index (χ1v) is 12.6. The van der Waals surface area contributed by atoms with Gasteiger partial charge in [-0.3, -0.25) is 9.59 Å². The summed E-state index contributed by atoms with van der Waals surface area (Å²) in [4.78, 5) is 32.6. The molecule has 3 aromatic rings. The monoisotopic (exact) mass is 472 g/mol. The van der Waals surface area contributed by atoms with E-state index in [0.717, 1.165) is 46.7 Å². The predicted molar refractivity (Wildman–Crippen MR) is 141 cm³/mol. The molecule has 0 saturated carbocycles. The Hall–Kier alpha value is -3.41. The van der Waals surface area contributed by atoms with E-state index >= 15 is 0 Å². The van der Waals surface area contributed by atoms with E-state index in [2.05, 4.69) is 33.5 Å². The zero-order valence-corrected chi connectivity index (χ0v) is 21.0. The Bertz CT molecular complexity index is 1150. The number of rotatable bonds is 8. The van der Waals surface area contributed by atoms with Gasteiger partial charge in [0.15, 0.2) is 0 Å². The number of nitrogens with one attached hydrogen (secondary N) is 2. The molecule has 0 aliphatic carbocycles. The molecule has 2 heterocycles. The SMILES string of the molecule is CC1CCN(c2ccc(CNC(=O)C(NC(=O)Cc3ccc4ccccc4c3)C(C)C)cn2)CC1. The van der Waals surface area contributed by atoms with Crippen LogP contribution >= 0.6 is 0 Å². The van der Waals surface area contributed by atoms with Crippen molar-refractivity contribution in [2.75, 3.05) is 18.0 Å². The Kier molecular flexibility index (Phi) is 8.01. The third-order valence-electron chi connectivity index (χ3n) is 6.83. The van der Waals surface area contributed by atoms with E-state index in [9.17, 15) is 9.59 Å². The lowest BCUT2D eigenvalue weighted by atomic mass is 9.99. The van der Waals surface area contributed by atoms with Gasteiger partial charge in [-0.25, -0.2) is 4.98 Å². The average Bonchev–Trinajstić information content (AvgIpc) is 2.86. The van der Waals surface area contributed by atoms with Crippen LogP contribution in [0.15, 0.2) is 60.8 Å². The second-order valence-electron chi connectivity index (χ2n) is 10.1. The van der Waals surface area contributed by atoms with E-state index < -0.39 is 6.04 Å². The fourth-order valence-corrected chi connectivity index (χ4v) is 4.54.